The van der Waals surface area contributed by atoms with Gasteiger partial charge in [-0.2, -0.15) is 0 Å². The Bertz CT molecular complexity index is 411. The van der Waals surface area contributed by atoms with Crippen LogP contribution in [-0.4, -0.2) is 22.4 Å². The van der Waals surface area contributed by atoms with E-state index >= 15 is 0 Å². The maximum atomic E-state index is 12.4. The zero-order valence-corrected chi connectivity index (χ0v) is 12.2. The Morgan fingerprint density at radius 1 is 1.58 bits per heavy atom. The van der Waals surface area contributed by atoms with Crippen LogP contribution in [-0.2, 0) is 11.2 Å². The van der Waals surface area contributed by atoms with Crippen molar-refractivity contribution in [2.75, 3.05) is 6.54 Å². The molecule has 0 radical (unpaired) electrons. The summed E-state index contributed by atoms with van der Waals surface area (Å²) in [5, 5.41) is 3.08. The highest BCUT2D eigenvalue weighted by atomic mass is 16.1. The van der Waals surface area contributed by atoms with Gasteiger partial charge in [0.25, 0.3) is 0 Å². The summed E-state index contributed by atoms with van der Waals surface area (Å²) in [5.74, 6) is 1.75. The second-order valence-corrected chi connectivity index (χ2v) is 6.41. The number of nitrogens with one attached hydrogen (secondary N) is 2. The van der Waals surface area contributed by atoms with Crippen LogP contribution in [0.5, 0.6) is 0 Å². The Labute approximate surface area is 115 Å². The molecule has 2 rings (SSSR count). The van der Waals surface area contributed by atoms with E-state index in [0.29, 0.717) is 12.5 Å². The van der Waals surface area contributed by atoms with E-state index in [4.69, 9.17) is 0 Å². The summed E-state index contributed by atoms with van der Waals surface area (Å²) in [4.78, 5) is 19.6. The van der Waals surface area contributed by atoms with Crippen LogP contribution in [0.4, 0.5) is 0 Å². The molecule has 0 saturated heterocycles. The van der Waals surface area contributed by atoms with Crippen LogP contribution in [0.2, 0.25) is 0 Å². The van der Waals surface area contributed by atoms with Crippen molar-refractivity contribution in [1.29, 1.82) is 0 Å². The summed E-state index contributed by atoms with van der Waals surface area (Å²) in [6.07, 6.45) is 7.87. The molecule has 1 amide bonds. The van der Waals surface area contributed by atoms with Gasteiger partial charge in [-0.1, -0.05) is 27.2 Å². The van der Waals surface area contributed by atoms with Crippen molar-refractivity contribution in [2.24, 2.45) is 17.3 Å². The summed E-state index contributed by atoms with van der Waals surface area (Å²) >= 11 is 0. The molecule has 2 unspecified atom stereocenters. The zero-order chi connectivity index (χ0) is 13.9. The molecule has 1 aliphatic carbocycles. The fraction of sp³-hybridized carbons (Fsp3) is 0.733. The molecule has 4 heteroatoms. The van der Waals surface area contributed by atoms with Gasteiger partial charge in [-0.05, 0) is 24.2 Å². The minimum absolute atomic E-state index is 0.117. The van der Waals surface area contributed by atoms with Crippen molar-refractivity contribution in [3.8, 4) is 0 Å². The molecule has 4 nitrogen and oxygen atoms in total. The third kappa shape index (κ3) is 3.37. The van der Waals surface area contributed by atoms with Gasteiger partial charge < -0.3 is 10.3 Å². The van der Waals surface area contributed by atoms with E-state index in [1.165, 1.54) is 12.8 Å². The van der Waals surface area contributed by atoms with Gasteiger partial charge in [0.15, 0.2) is 0 Å². The lowest BCUT2D eigenvalue weighted by atomic mass is 9.64. The van der Waals surface area contributed by atoms with Gasteiger partial charge in [0.1, 0.15) is 5.82 Å². The monoisotopic (exact) mass is 263 g/mol. The third-order valence-corrected chi connectivity index (χ3v) is 4.39. The molecule has 0 spiro atoms. The van der Waals surface area contributed by atoms with E-state index in [-0.39, 0.29) is 17.2 Å². The van der Waals surface area contributed by atoms with Crippen LogP contribution in [0.25, 0.3) is 0 Å². The van der Waals surface area contributed by atoms with Gasteiger partial charge in [-0.3, -0.25) is 4.79 Å². The number of amides is 1. The predicted octanol–water partition coefficient (Wildman–Crippen LogP) is 2.53. The molecule has 1 aromatic heterocycles. The minimum Gasteiger partial charge on any atom is -0.355 e. The van der Waals surface area contributed by atoms with E-state index in [1.807, 2.05) is 6.20 Å². The number of H-pyrrole nitrogens is 1. The van der Waals surface area contributed by atoms with Gasteiger partial charge in [-0.15, -0.1) is 0 Å². The molecule has 2 N–H and O–H groups in total. The number of imidazole rings is 1. The van der Waals surface area contributed by atoms with Crippen LogP contribution < -0.4 is 5.32 Å². The van der Waals surface area contributed by atoms with Crippen molar-refractivity contribution >= 4 is 5.91 Å². The smallest absolute Gasteiger partial charge is 0.223 e. The first-order valence-corrected chi connectivity index (χ1v) is 7.26. The number of carbonyl (C=O) groups is 1. The van der Waals surface area contributed by atoms with Crippen LogP contribution in [0.1, 0.15) is 45.9 Å². The number of hydrogen-bond acceptors (Lipinski definition) is 2. The average molecular weight is 263 g/mol. The maximum absolute atomic E-state index is 12.4. The normalized spacial score (nSPS) is 26.1. The lowest BCUT2D eigenvalue weighted by Crippen LogP contribution is -2.45. The summed E-state index contributed by atoms with van der Waals surface area (Å²) in [6, 6.07) is 0. The average Bonchev–Trinajstić information content (AvgIpc) is 2.80. The highest BCUT2D eigenvalue weighted by Gasteiger charge is 2.41. The minimum atomic E-state index is 0.117. The molecule has 2 atom stereocenters. The Morgan fingerprint density at radius 3 is 3.00 bits per heavy atom. The zero-order valence-electron chi connectivity index (χ0n) is 12.2. The molecule has 19 heavy (non-hydrogen) atoms. The van der Waals surface area contributed by atoms with Crippen molar-refractivity contribution in [3.63, 3.8) is 0 Å². The molecular formula is C15H25N3O. The van der Waals surface area contributed by atoms with Crippen LogP contribution in [0, 0.1) is 17.3 Å². The fourth-order valence-corrected chi connectivity index (χ4v) is 3.43. The summed E-state index contributed by atoms with van der Waals surface area (Å²) in [6.45, 7) is 7.31. The molecular weight excluding hydrogens is 238 g/mol. The molecule has 1 heterocycles. The van der Waals surface area contributed by atoms with Crippen LogP contribution in [0.15, 0.2) is 12.4 Å². The maximum Gasteiger partial charge on any atom is 0.223 e. The molecule has 106 valence electrons. The highest BCUT2D eigenvalue weighted by molar-refractivity contribution is 5.79. The lowest BCUT2D eigenvalue weighted by molar-refractivity contribution is -0.132. The van der Waals surface area contributed by atoms with Crippen molar-refractivity contribution in [1.82, 2.24) is 15.3 Å². The first-order chi connectivity index (χ1) is 9.00. The Kier molecular flexibility index (Phi) is 4.27. The first-order valence-electron chi connectivity index (χ1n) is 7.26. The van der Waals surface area contributed by atoms with Gasteiger partial charge in [0.05, 0.1) is 0 Å². The SMILES string of the molecule is CC1CCCC(C)(C)C1C(=O)NCCc1ncc[nH]1. The molecule has 1 saturated carbocycles. The fourth-order valence-electron chi connectivity index (χ4n) is 3.43. The van der Waals surface area contributed by atoms with E-state index in [2.05, 4.69) is 36.1 Å². The summed E-state index contributed by atoms with van der Waals surface area (Å²) in [5.41, 5.74) is 0.117. The van der Waals surface area contributed by atoms with Gasteiger partial charge >= 0.3 is 0 Å². The number of rotatable bonds is 4. The van der Waals surface area contributed by atoms with Crippen molar-refractivity contribution < 1.29 is 4.79 Å². The largest absolute Gasteiger partial charge is 0.355 e. The molecule has 1 aromatic rings. The van der Waals surface area contributed by atoms with Crippen molar-refractivity contribution in [2.45, 2.75) is 46.5 Å². The lowest BCUT2D eigenvalue weighted by Gasteiger charge is -2.41. The number of aromatic amines is 1. The molecule has 0 bridgehead atoms. The van der Waals surface area contributed by atoms with Gasteiger partial charge in [0, 0.05) is 31.3 Å². The van der Waals surface area contributed by atoms with E-state index in [9.17, 15) is 4.79 Å². The van der Waals surface area contributed by atoms with Gasteiger partial charge in [-0.25, -0.2) is 4.98 Å². The van der Waals surface area contributed by atoms with E-state index < -0.39 is 0 Å². The van der Waals surface area contributed by atoms with E-state index in [1.54, 1.807) is 6.20 Å². The first kappa shape index (κ1) is 14.1. The highest BCUT2D eigenvalue weighted by Crippen LogP contribution is 2.43. The standard InChI is InChI=1S/C15H25N3O/c1-11-5-4-7-15(2,3)13(11)14(19)18-8-6-12-16-9-10-17-12/h9-11,13H,4-8H2,1-3H3,(H,16,17)(H,18,19). The van der Waals surface area contributed by atoms with Gasteiger partial charge in [0.2, 0.25) is 5.91 Å². The van der Waals surface area contributed by atoms with E-state index in [0.717, 1.165) is 18.7 Å². The van der Waals surface area contributed by atoms with Crippen LogP contribution in [0.3, 0.4) is 0 Å². The Morgan fingerprint density at radius 2 is 2.37 bits per heavy atom. The number of aromatic nitrogens is 2. The van der Waals surface area contributed by atoms with Crippen molar-refractivity contribution in [3.05, 3.63) is 18.2 Å². The second-order valence-electron chi connectivity index (χ2n) is 6.41. The Balaban J connectivity index is 1.87. The summed E-state index contributed by atoms with van der Waals surface area (Å²) in [7, 11) is 0. The molecule has 0 aliphatic heterocycles. The topological polar surface area (TPSA) is 57.8 Å². The number of hydrogen-bond donors (Lipinski definition) is 2. The molecule has 1 aliphatic rings. The summed E-state index contributed by atoms with van der Waals surface area (Å²) < 4.78 is 0. The molecule has 1 fully saturated rings. The number of nitrogens with zero attached hydrogens (tertiary/aromatic N) is 1. The number of carbonyl (C=O) groups excluding carboxylic acids is 1. The quantitative estimate of drug-likeness (QED) is 0.877. The predicted molar refractivity (Wildman–Crippen MR) is 75.6 cm³/mol. The Hall–Kier alpha value is -1.32. The molecule has 0 aromatic carbocycles. The third-order valence-electron chi connectivity index (χ3n) is 4.39. The second kappa shape index (κ2) is 5.76. The van der Waals surface area contributed by atoms with Crippen LogP contribution >= 0.6 is 0 Å².